The Bertz CT molecular complexity index is 959. The predicted octanol–water partition coefficient (Wildman–Crippen LogP) is 6.76. The van der Waals surface area contributed by atoms with Crippen molar-refractivity contribution in [2.45, 2.75) is 58.3 Å². The second kappa shape index (κ2) is 8.22. The molecule has 4 aliphatic carbocycles. The fourth-order valence-corrected chi connectivity index (χ4v) is 6.81. The number of hydrogen-bond donors (Lipinski definition) is 0. The number of benzene rings is 2. The second-order valence-corrected chi connectivity index (χ2v) is 10.0. The molecule has 0 saturated heterocycles. The van der Waals surface area contributed by atoms with Gasteiger partial charge in [0.2, 0.25) is 0 Å². The molecule has 4 fully saturated rings. The zero-order valence-corrected chi connectivity index (χ0v) is 18.1. The minimum absolute atomic E-state index is 0.162. The van der Waals surface area contributed by atoms with Crippen LogP contribution in [-0.2, 0) is 9.63 Å². The quantitative estimate of drug-likeness (QED) is 0.295. The molecule has 4 bridgehead atoms. The Kier molecular flexibility index (Phi) is 5.41. The van der Waals surface area contributed by atoms with E-state index in [-0.39, 0.29) is 17.2 Å². The van der Waals surface area contributed by atoms with Crippen molar-refractivity contribution in [1.82, 2.24) is 0 Å². The minimum atomic E-state index is -0.238. The summed E-state index contributed by atoms with van der Waals surface area (Å²) in [6.45, 7) is 2.00. The molecule has 0 aliphatic heterocycles. The molecule has 0 heterocycles. The molecule has 0 atom stereocenters. The van der Waals surface area contributed by atoms with Crippen LogP contribution in [0.4, 0.5) is 4.39 Å². The molecule has 6 rings (SSSR count). The van der Waals surface area contributed by atoms with E-state index in [9.17, 15) is 9.18 Å². The van der Waals surface area contributed by atoms with Crippen molar-refractivity contribution in [1.29, 1.82) is 0 Å². The maximum absolute atomic E-state index is 14.0. The summed E-state index contributed by atoms with van der Waals surface area (Å²) in [7, 11) is 0. The fourth-order valence-electron chi connectivity index (χ4n) is 6.81. The van der Waals surface area contributed by atoms with Crippen LogP contribution in [0.2, 0.25) is 0 Å². The first-order valence-electron chi connectivity index (χ1n) is 11.7. The molecule has 0 amide bonds. The van der Waals surface area contributed by atoms with Crippen LogP contribution in [0.15, 0.2) is 53.7 Å². The molecule has 0 unspecified atom stereocenters. The van der Waals surface area contributed by atoms with Crippen molar-refractivity contribution < 1.29 is 14.0 Å². The van der Waals surface area contributed by atoms with Crippen LogP contribution < -0.4 is 0 Å². The molecule has 31 heavy (non-hydrogen) atoms. The van der Waals surface area contributed by atoms with Crippen molar-refractivity contribution in [2.75, 3.05) is 0 Å². The highest BCUT2D eigenvalue weighted by atomic mass is 19.1. The molecule has 4 heteroatoms. The normalized spacial score (nSPS) is 29.2. The SMILES string of the molecule is CC/C(=N\OC(=O)CC12CC3CC(CC(C3)C1)C2)c1ccc(-c2ccccc2F)cc1. The number of hydrogen-bond acceptors (Lipinski definition) is 3. The summed E-state index contributed by atoms with van der Waals surface area (Å²) >= 11 is 0. The van der Waals surface area contributed by atoms with Gasteiger partial charge >= 0.3 is 5.97 Å². The minimum Gasteiger partial charge on any atom is -0.318 e. The largest absolute Gasteiger partial charge is 0.335 e. The number of halogens is 1. The van der Waals surface area contributed by atoms with Crippen molar-refractivity contribution in [3.8, 4) is 11.1 Å². The van der Waals surface area contributed by atoms with Crippen LogP contribution in [0.3, 0.4) is 0 Å². The van der Waals surface area contributed by atoms with E-state index in [2.05, 4.69) is 5.16 Å². The van der Waals surface area contributed by atoms with Gasteiger partial charge in [-0.25, -0.2) is 9.18 Å². The molecule has 3 nitrogen and oxygen atoms in total. The van der Waals surface area contributed by atoms with E-state index < -0.39 is 0 Å². The van der Waals surface area contributed by atoms with Gasteiger partial charge in [0.25, 0.3) is 0 Å². The Morgan fingerprint density at radius 2 is 1.61 bits per heavy atom. The van der Waals surface area contributed by atoms with E-state index in [1.165, 1.54) is 44.6 Å². The van der Waals surface area contributed by atoms with Crippen LogP contribution in [0.25, 0.3) is 11.1 Å². The number of nitrogens with zero attached hydrogens (tertiary/aromatic N) is 1. The highest BCUT2D eigenvalue weighted by Crippen LogP contribution is 2.61. The average molecular weight is 420 g/mol. The lowest BCUT2D eigenvalue weighted by Crippen LogP contribution is -2.46. The predicted molar refractivity (Wildman–Crippen MR) is 120 cm³/mol. The first kappa shape index (κ1) is 20.4. The maximum atomic E-state index is 14.0. The van der Waals surface area contributed by atoms with Crippen LogP contribution >= 0.6 is 0 Å². The summed E-state index contributed by atoms with van der Waals surface area (Å²) in [6.07, 6.45) is 8.84. The average Bonchev–Trinajstić information content (AvgIpc) is 2.74. The summed E-state index contributed by atoms with van der Waals surface area (Å²) in [5.74, 6) is 2.03. The van der Waals surface area contributed by atoms with E-state index in [0.29, 0.717) is 18.4 Å². The molecule has 2 aromatic rings. The second-order valence-electron chi connectivity index (χ2n) is 10.0. The number of oxime groups is 1. The molecule has 4 aliphatic rings. The first-order valence-corrected chi connectivity index (χ1v) is 11.7. The van der Waals surface area contributed by atoms with Gasteiger partial charge in [-0.2, -0.15) is 0 Å². The zero-order chi connectivity index (χ0) is 21.4. The molecule has 0 spiro atoms. The van der Waals surface area contributed by atoms with Crippen molar-refractivity contribution in [2.24, 2.45) is 28.3 Å². The fraction of sp³-hybridized carbons (Fsp3) is 0.481. The molecule has 0 N–H and O–H groups in total. The smallest absolute Gasteiger partial charge is 0.318 e. The van der Waals surface area contributed by atoms with Gasteiger partial charge < -0.3 is 4.84 Å². The standard InChI is InChI=1S/C27H30FNO2/c1-2-25(22-9-7-21(8-10-22)23-5-3-4-6-24(23)28)29-31-26(30)17-27-14-18-11-19(15-27)13-20(12-18)16-27/h3-10,18-20H,2,11-17H2,1H3/b29-25+. The summed E-state index contributed by atoms with van der Waals surface area (Å²) in [4.78, 5) is 18.1. The monoisotopic (exact) mass is 419 g/mol. The van der Waals surface area contributed by atoms with Crippen molar-refractivity contribution >= 4 is 11.7 Å². The number of carbonyl (C=O) groups is 1. The lowest BCUT2D eigenvalue weighted by atomic mass is 9.49. The Labute approximate surface area is 183 Å². The Balaban J connectivity index is 1.25. The van der Waals surface area contributed by atoms with Crippen molar-refractivity contribution in [3.63, 3.8) is 0 Å². The van der Waals surface area contributed by atoms with Gasteiger partial charge in [0, 0.05) is 5.56 Å². The summed E-state index contributed by atoms with van der Waals surface area (Å²) in [6, 6.07) is 14.3. The number of rotatable bonds is 6. The van der Waals surface area contributed by atoms with E-state index in [1.807, 2.05) is 37.3 Å². The van der Waals surface area contributed by atoms with Crippen LogP contribution in [0, 0.1) is 29.0 Å². The molecule has 162 valence electrons. The van der Waals surface area contributed by atoms with E-state index >= 15 is 0 Å². The summed E-state index contributed by atoms with van der Waals surface area (Å²) in [5, 5.41) is 4.22. The molecular weight excluding hydrogens is 389 g/mol. The zero-order valence-electron chi connectivity index (χ0n) is 18.1. The molecule has 0 radical (unpaired) electrons. The molecule has 4 saturated carbocycles. The van der Waals surface area contributed by atoms with Gasteiger partial charge in [0.1, 0.15) is 5.82 Å². The lowest BCUT2D eigenvalue weighted by molar-refractivity contribution is -0.152. The maximum Gasteiger partial charge on any atom is 0.335 e. The molecular formula is C27H30FNO2. The summed E-state index contributed by atoms with van der Waals surface area (Å²) < 4.78 is 14.0. The Hall–Kier alpha value is -2.49. The Morgan fingerprint density at radius 1 is 1.00 bits per heavy atom. The van der Waals surface area contributed by atoms with Gasteiger partial charge in [-0.1, -0.05) is 54.5 Å². The summed E-state index contributed by atoms with van der Waals surface area (Å²) in [5.41, 5.74) is 3.18. The third-order valence-electron chi connectivity index (χ3n) is 7.68. The van der Waals surface area contributed by atoms with Crippen LogP contribution in [0.1, 0.15) is 63.9 Å². The molecule has 0 aromatic heterocycles. The number of carbonyl (C=O) groups excluding carboxylic acids is 1. The van der Waals surface area contributed by atoms with Gasteiger partial charge in [0.15, 0.2) is 0 Å². The van der Waals surface area contributed by atoms with E-state index in [4.69, 9.17) is 4.84 Å². The van der Waals surface area contributed by atoms with Gasteiger partial charge in [-0.15, -0.1) is 0 Å². The van der Waals surface area contributed by atoms with Gasteiger partial charge in [-0.3, -0.25) is 0 Å². The lowest BCUT2D eigenvalue weighted by Gasteiger charge is -2.56. The highest BCUT2D eigenvalue weighted by Gasteiger charge is 2.51. The van der Waals surface area contributed by atoms with Gasteiger partial charge in [-0.05, 0) is 85.3 Å². The third kappa shape index (κ3) is 4.17. The van der Waals surface area contributed by atoms with Gasteiger partial charge in [0.05, 0.1) is 12.1 Å². The first-order chi connectivity index (χ1) is 15.0. The highest BCUT2D eigenvalue weighted by molar-refractivity contribution is 6.00. The third-order valence-corrected chi connectivity index (χ3v) is 7.68. The topological polar surface area (TPSA) is 38.7 Å². The molecule has 2 aromatic carbocycles. The Morgan fingerprint density at radius 3 is 2.19 bits per heavy atom. The van der Waals surface area contributed by atoms with E-state index in [0.717, 1.165) is 34.6 Å². The van der Waals surface area contributed by atoms with Crippen LogP contribution in [0.5, 0.6) is 0 Å². The van der Waals surface area contributed by atoms with Crippen molar-refractivity contribution in [3.05, 3.63) is 59.9 Å². The van der Waals surface area contributed by atoms with Crippen LogP contribution in [-0.4, -0.2) is 11.7 Å². The van der Waals surface area contributed by atoms with E-state index in [1.54, 1.807) is 12.1 Å².